The number of hydrogen-bond donors (Lipinski definition) is 1. The number of ether oxygens (including phenoxy) is 1. The van der Waals surface area contributed by atoms with Crippen LogP contribution in [0.25, 0.3) is 0 Å². The number of fused-ring (bicyclic) bond motifs is 5. The third-order valence-electron chi connectivity index (χ3n) is 7.97. The van der Waals surface area contributed by atoms with E-state index in [1.54, 1.807) is 0 Å². The van der Waals surface area contributed by atoms with Crippen molar-refractivity contribution in [1.29, 1.82) is 0 Å². The smallest absolute Gasteiger partial charge is 0.343 e. The number of rotatable bonds is 1. The third kappa shape index (κ3) is 2.11. The summed E-state index contributed by atoms with van der Waals surface area (Å²) in [6.07, 6.45) is 10.8. The van der Waals surface area contributed by atoms with Gasteiger partial charge in [0, 0.05) is 11.5 Å². The molecule has 4 rings (SSSR count). The number of amides is 1. The molecular formula is C20H29NO3. The summed E-state index contributed by atoms with van der Waals surface area (Å²) in [6, 6.07) is 0.158. The Kier molecular flexibility index (Phi) is 3.59. The van der Waals surface area contributed by atoms with E-state index >= 15 is 0 Å². The van der Waals surface area contributed by atoms with E-state index in [1.165, 1.54) is 45.6 Å². The number of hydrogen-bond acceptors (Lipinski definition) is 3. The average Bonchev–Trinajstić information content (AvgIpc) is 2.96. The molecule has 0 radical (unpaired) electrons. The van der Waals surface area contributed by atoms with Gasteiger partial charge in [0.25, 0.3) is 5.91 Å². The number of esters is 1. The van der Waals surface area contributed by atoms with Gasteiger partial charge >= 0.3 is 5.97 Å². The first-order chi connectivity index (χ1) is 11.4. The van der Waals surface area contributed by atoms with E-state index in [-0.39, 0.29) is 22.9 Å². The molecule has 4 nitrogen and oxygen atoms in total. The van der Waals surface area contributed by atoms with Crippen LogP contribution in [0.5, 0.6) is 0 Å². The van der Waals surface area contributed by atoms with E-state index in [0.29, 0.717) is 11.3 Å². The number of nitrogens with one attached hydrogen (secondary N) is 1. The van der Waals surface area contributed by atoms with Gasteiger partial charge in [0.2, 0.25) is 0 Å². The van der Waals surface area contributed by atoms with Crippen LogP contribution in [-0.2, 0) is 14.3 Å². The Labute approximate surface area is 144 Å². The minimum atomic E-state index is -0.504. The van der Waals surface area contributed by atoms with Crippen molar-refractivity contribution >= 4 is 11.9 Å². The van der Waals surface area contributed by atoms with Crippen LogP contribution in [0.3, 0.4) is 0 Å². The molecule has 0 saturated heterocycles. The minimum absolute atomic E-state index is 0.121. The second-order valence-electron chi connectivity index (χ2n) is 8.98. The van der Waals surface area contributed by atoms with Crippen LogP contribution in [-0.4, -0.2) is 25.0 Å². The van der Waals surface area contributed by atoms with E-state index in [0.717, 1.165) is 18.3 Å². The van der Waals surface area contributed by atoms with E-state index in [2.05, 4.69) is 19.2 Å². The summed E-state index contributed by atoms with van der Waals surface area (Å²) in [6.45, 7) is 4.75. The third-order valence-corrected chi connectivity index (χ3v) is 7.97. The van der Waals surface area contributed by atoms with Gasteiger partial charge in [-0.3, -0.25) is 4.79 Å². The van der Waals surface area contributed by atoms with E-state index in [9.17, 15) is 9.59 Å². The molecule has 1 unspecified atom stereocenters. The standard InChI is InChI=1S/C20H29NO3/c1-19-9-4-5-14(19)12-6-7-16-20(2,15(12)8-10-19)11-13(17(22)21-16)18(23)24-3/h11-12,14-16H,4-10H2,1-3H3,(H,21,22)/t12-,14-,15+,16?,19-,20+/m0/s1. The minimum Gasteiger partial charge on any atom is -0.465 e. The van der Waals surface area contributed by atoms with Crippen LogP contribution < -0.4 is 5.32 Å². The fourth-order valence-electron chi connectivity index (χ4n) is 6.69. The van der Waals surface area contributed by atoms with Crippen molar-refractivity contribution in [2.45, 2.75) is 64.8 Å². The van der Waals surface area contributed by atoms with Crippen LogP contribution in [0, 0.1) is 28.6 Å². The Morgan fingerprint density at radius 2 is 1.96 bits per heavy atom. The zero-order valence-electron chi connectivity index (χ0n) is 15.1. The van der Waals surface area contributed by atoms with Crippen molar-refractivity contribution in [1.82, 2.24) is 5.32 Å². The van der Waals surface area contributed by atoms with Crippen LogP contribution in [0.15, 0.2) is 11.6 Å². The van der Waals surface area contributed by atoms with Crippen LogP contribution >= 0.6 is 0 Å². The molecule has 0 bridgehead atoms. The maximum absolute atomic E-state index is 12.3. The SMILES string of the molecule is COC(=O)C1=C[C@@]2(C)C(CC[C@@H]3[C@H]2CC[C@]2(C)CCC[C@@H]32)NC1=O. The molecule has 3 saturated carbocycles. The van der Waals surface area contributed by atoms with Crippen molar-refractivity contribution in [3.8, 4) is 0 Å². The number of methoxy groups -OCH3 is 1. The molecule has 4 heteroatoms. The average molecular weight is 331 g/mol. The summed E-state index contributed by atoms with van der Waals surface area (Å²) in [7, 11) is 1.35. The molecule has 1 heterocycles. The van der Waals surface area contributed by atoms with Gasteiger partial charge in [-0.25, -0.2) is 4.79 Å². The second-order valence-corrected chi connectivity index (χ2v) is 8.98. The van der Waals surface area contributed by atoms with Crippen LogP contribution in [0.4, 0.5) is 0 Å². The van der Waals surface area contributed by atoms with Gasteiger partial charge in [-0.2, -0.15) is 0 Å². The van der Waals surface area contributed by atoms with E-state index in [4.69, 9.17) is 4.74 Å². The molecule has 6 atom stereocenters. The summed E-state index contributed by atoms with van der Waals surface area (Å²) in [5, 5.41) is 3.12. The summed E-state index contributed by atoms with van der Waals surface area (Å²) < 4.78 is 4.84. The van der Waals surface area contributed by atoms with Gasteiger partial charge < -0.3 is 10.1 Å². The van der Waals surface area contributed by atoms with Crippen molar-refractivity contribution in [2.75, 3.05) is 7.11 Å². The molecule has 1 amide bonds. The first-order valence-corrected chi connectivity index (χ1v) is 9.51. The Balaban J connectivity index is 1.71. The molecule has 0 aromatic carbocycles. The lowest BCUT2D eigenvalue weighted by Gasteiger charge is -2.58. The first kappa shape index (κ1) is 16.2. The lowest BCUT2D eigenvalue weighted by molar-refractivity contribution is -0.139. The summed E-state index contributed by atoms with van der Waals surface area (Å²) in [4.78, 5) is 24.3. The molecule has 4 aliphatic rings. The maximum atomic E-state index is 12.3. The molecule has 132 valence electrons. The summed E-state index contributed by atoms with van der Waals surface area (Å²) >= 11 is 0. The molecule has 0 aromatic rings. The van der Waals surface area contributed by atoms with Crippen molar-refractivity contribution in [3.63, 3.8) is 0 Å². The first-order valence-electron chi connectivity index (χ1n) is 9.51. The van der Waals surface area contributed by atoms with Gasteiger partial charge in [0.1, 0.15) is 5.57 Å². The normalized spacial score (nSPS) is 47.0. The largest absolute Gasteiger partial charge is 0.465 e. The topological polar surface area (TPSA) is 55.4 Å². The molecule has 3 aliphatic carbocycles. The molecule has 0 spiro atoms. The molecule has 1 N–H and O–H groups in total. The number of carbonyl (C=O) groups is 2. The Hall–Kier alpha value is -1.32. The van der Waals surface area contributed by atoms with Crippen LogP contribution in [0.2, 0.25) is 0 Å². The molecule has 1 aliphatic heterocycles. The highest BCUT2D eigenvalue weighted by Gasteiger charge is 2.58. The highest BCUT2D eigenvalue weighted by atomic mass is 16.5. The second kappa shape index (κ2) is 5.34. The van der Waals surface area contributed by atoms with Gasteiger partial charge in [-0.05, 0) is 61.7 Å². The fraction of sp³-hybridized carbons (Fsp3) is 0.800. The summed E-state index contributed by atoms with van der Waals surface area (Å²) in [5.41, 5.74) is 0.609. The van der Waals surface area contributed by atoms with Gasteiger partial charge in [0.15, 0.2) is 0 Å². The monoisotopic (exact) mass is 331 g/mol. The fourth-order valence-corrected chi connectivity index (χ4v) is 6.69. The molecule has 0 aromatic heterocycles. The summed E-state index contributed by atoms with van der Waals surface area (Å²) in [5.74, 6) is 1.35. The van der Waals surface area contributed by atoms with Crippen LogP contribution in [0.1, 0.15) is 58.8 Å². The quantitative estimate of drug-likeness (QED) is 0.593. The molecular weight excluding hydrogens is 302 g/mol. The zero-order valence-corrected chi connectivity index (χ0v) is 15.1. The van der Waals surface area contributed by atoms with Gasteiger partial charge in [-0.15, -0.1) is 0 Å². The maximum Gasteiger partial charge on any atom is 0.343 e. The molecule has 3 fully saturated rings. The van der Waals surface area contributed by atoms with Crippen molar-refractivity contribution < 1.29 is 14.3 Å². The highest BCUT2D eigenvalue weighted by molar-refractivity contribution is 6.17. The van der Waals surface area contributed by atoms with Gasteiger partial charge in [0.05, 0.1) is 7.11 Å². The Morgan fingerprint density at radius 3 is 2.71 bits per heavy atom. The predicted octanol–water partition coefficient (Wildman–Crippen LogP) is 3.22. The number of carbonyl (C=O) groups excluding carboxylic acids is 2. The highest BCUT2D eigenvalue weighted by Crippen LogP contribution is 2.63. The zero-order chi connectivity index (χ0) is 17.1. The van der Waals surface area contributed by atoms with Crippen molar-refractivity contribution in [3.05, 3.63) is 11.6 Å². The van der Waals surface area contributed by atoms with Crippen molar-refractivity contribution in [2.24, 2.45) is 28.6 Å². The van der Waals surface area contributed by atoms with E-state index in [1.807, 2.05) is 6.08 Å². The van der Waals surface area contributed by atoms with E-state index < -0.39 is 5.97 Å². The lowest BCUT2D eigenvalue weighted by atomic mass is 9.48. The molecule has 24 heavy (non-hydrogen) atoms. The Morgan fingerprint density at radius 1 is 1.17 bits per heavy atom. The predicted molar refractivity (Wildman–Crippen MR) is 91.0 cm³/mol. The Bertz CT molecular complexity index is 612. The van der Waals surface area contributed by atoms with Gasteiger partial charge in [-0.1, -0.05) is 26.3 Å². The lowest BCUT2D eigenvalue weighted by Crippen LogP contribution is -2.60.